The van der Waals surface area contributed by atoms with Gasteiger partial charge in [-0.2, -0.15) is 0 Å². The molecule has 24 heavy (non-hydrogen) atoms. The van der Waals surface area contributed by atoms with Gasteiger partial charge in [-0.1, -0.05) is 42.5 Å². The summed E-state index contributed by atoms with van der Waals surface area (Å²) >= 11 is 0. The topological polar surface area (TPSA) is 34.2 Å². The van der Waals surface area contributed by atoms with E-state index >= 15 is 0 Å². The Kier molecular flexibility index (Phi) is 3.87. The SMILES string of the molecule is Fc1ccc(Cc2cnc3c(c2)NC(c2ccccc2)CO3)cc1. The van der Waals surface area contributed by atoms with Crippen LogP contribution in [0.3, 0.4) is 0 Å². The molecule has 1 aliphatic rings. The van der Waals surface area contributed by atoms with Crippen LogP contribution < -0.4 is 10.1 Å². The minimum atomic E-state index is -0.219. The first-order chi connectivity index (χ1) is 11.8. The van der Waals surface area contributed by atoms with E-state index in [1.165, 1.54) is 17.7 Å². The highest BCUT2D eigenvalue weighted by molar-refractivity contribution is 5.57. The Labute approximate surface area is 140 Å². The van der Waals surface area contributed by atoms with Crippen LogP contribution in [0.2, 0.25) is 0 Å². The zero-order chi connectivity index (χ0) is 16.4. The van der Waals surface area contributed by atoms with Crippen LogP contribution in [0, 0.1) is 5.82 Å². The molecule has 0 fully saturated rings. The van der Waals surface area contributed by atoms with Gasteiger partial charge in [0.15, 0.2) is 0 Å². The van der Waals surface area contributed by atoms with E-state index in [1.54, 1.807) is 12.1 Å². The van der Waals surface area contributed by atoms with Crippen molar-refractivity contribution in [2.24, 2.45) is 0 Å². The number of hydrogen-bond donors (Lipinski definition) is 1. The van der Waals surface area contributed by atoms with Crippen molar-refractivity contribution >= 4 is 5.69 Å². The fraction of sp³-hybridized carbons (Fsp3) is 0.150. The van der Waals surface area contributed by atoms with Gasteiger partial charge in [0, 0.05) is 6.20 Å². The number of pyridine rings is 1. The molecule has 3 nitrogen and oxygen atoms in total. The predicted molar refractivity (Wildman–Crippen MR) is 91.7 cm³/mol. The number of anilines is 1. The van der Waals surface area contributed by atoms with Crippen LogP contribution in [0.4, 0.5) is 10.1 Å². The second-order valence-electron chi connectivity index (χ2n) is 5.92. The zero-order valence-electron chi connectivity index (χ0n) is 13.1. The monoisotopic (exact) mass is 320 g/mol. The lowest BCUT2D eigenvalue weighted by atomic mass is 10.0. The van der Waals surface area contributed by atoms with Gasteiger partial charge < -0.3 is 10.1 Å². The first kappa shape index (κ1) is 14.7. The van der Waals surface area contributed by atoms with Crippen molar-refractivity contribution in [2.45, 2.75) is 12.5 Å². The van der Waals surface area contributed by atoms with E-state index in [-0.39, 0.29) is 11.9 Å². The van der Waals surface area contributed by atoms with Crippen molar-refractivity contribution in [1.82, 2.24) is 4.98 Å². The van der Waals surface area contributed by atoms with E-state index in [0.717, 1.165) is 16.8 Å². The molecule has 1 N–H and O–H groups in total. The van der Waals surface area contributed by atoms with Crippen LogP contribution in [0.15, 0.2) is 66.9 Å². The molecule has 3 aromatic rings. The summed E-state index contributed by atoms with van der Waals surface area (Å²) in [5.74, 6) is 0.410. The highest BCUT2D eigenvalue weighted by Crippen LogP contribution is 2.32. The average Bonchev–Trinajstić information content (AvgIpc) is 2.64. The first-order valence-electron chi connectivity index (χ1n) is 7.95. The van der Waals surface area contributed by atoms with Crippen molar-refractivity contribution in [3.63, 3.8) is 0 Å². The summed E-state index contributed by atoms with van der Waals surface area (Å²) in [5, 5.41) is 3.50. The summed E-state index contributed by atoms with van der Waals surface area (Å²) in [6, 6.07) is 18.9. The summed E-state index contributed by atoms with van der Waals surface area (Å²) in [7, 11) is 0. The molecule has 0 spiro atoms. The number of benzene rings is 2. The molecular weight excluding hydrogens is 303 g/mol. The van der Waals surface area contributed by atoms with E-state index in [2.05, 4.69) is 28.5 Å². The molecule has 2 heterocycles. The molecule has 1 aliphatic heterocycles. The number of fused-ring (bicyclic) bond motifs is 1. The molecule has 4 rings (SSSR count). The molecule has 4 heteroatoms. The van der Waals surface area contributed by atoms with Crippen LogP contribution in [-0.2, 0) is 6.42 Å². The molecule has 1 atom stereocenters. The van der Waals surface area contributed by atoms with Crippen LogP contribution in [0.25, 0.3) is 0 Å². The maximum atomic E-state index is 13.0. The molecule has 1 aromatic heterocycles. The molecule has 0 saturated heterocycles. The van der Waals surface area contributed by atoms with Crippen LogP contribution in [0.1, 0.15) is 22.7 Å². The highest BCUT2D eigenvalue weighted by atomic mass is 19.1. The quantitative estimate of drug-likeness (QED) is 0.779. The smallest absolute Gasteiger partial charge is 0.237 e. The van der Waals surface area contributed by atoms with Gasteiger partial charge in [-0.15, -0.1) is 0 Å². The summed E-state index contributed by atoms with van der Waals surface area (Å²) in [4.78, 5) is 4.40. The van der Waals surface area contributed by atoms with E-state index in [9.17, 15) is 4.39 Å². The van der Waals surface area contributed by atoms with Crippen molar-refractivity contribution in [3.8, 4) is 5.88 Å². The predicted octanol–water partition coefficient (Wildman–Crippen LogP) is 4.36. The summed E-state index contributed by atoms with van der Waals surface area (Å²) in [5.41, 5.74) is 4.20. The lowest BCUT2D eigenvalue weighted by Crippen LogP contribution is -2.24. The normalized spacial score (nSPS) is 16.0. The van der Waals surface area contributed by atoms with Crippen LogP contribution in [0.5, 0.6) is 5.88 Å². The number of nitrogens with zero attached hydrogens (tertiary/aromatic N) is 1. The molecule has 0 aliphatic carbocycles. The minimum Gasteiger partial charge on any atom is -0.474 e. The van der Waals surface area contributed by atoms with Gasteiger partial charge in [0.25, 0.3) is 0 Å². The van der Waals surface area contributed by atoms with Crippen LogP contribution in [-0.4, -0.2) is 11.6 Å². The van der Waals surface area contributed by atoms with Crippen molar-refractivity contribution in [1.29, 1.82) is 0 Å². The van der Waals surface area contributed by atoms with Gasteiger partial charge in [-0.05, 0) is 41.3 Å². The molecule has 2 aromatic carbocycles. The Morgan fingerprint density at radius 3 is 2.62 bits per heavy atom. The van der Waals surface area contributed by atoms with Crippen molar-refractivity contribution < 1.29 is 9.13 Å². The minimum absolute atomic E-state index is 0.113. The van der Waals surface area contributed by atoms with Gasteiger partial charge >= 0.3 is 0 Å². The van der Waals surface area contributed by atoms with E-state index < -0.39 is 0 Å². The third-order valence-electron chi connectivity index (χ3n) is 4.15. The Hall–Kier alpha value is -2.88. The van der Waals surface area contributed by atoms with Gasteiger partial charge in [0.1, 0.15) is 12.4 Å². The maximum Gasteiger partial charge on any atom is 0.237 e. The van der Waals surface area contributed by atoms with Crippen molar-refractivity contribution in [3.05, 3.63) is 89.4 Å². The lowest BCUT2D eigenvalue weighted by molar-refractivity contribution is 0.275. The third-order valence-corrected chi connectivity index (χ3v) is 4.15. The van der Waals surface area contributed by atoms with Gasteiger partial charge in [-0.25, -0.2) is 9.37 Å². The lowest BCUT2D eigenvalue weighted by Gasteiger charge is -2.27. The first-order valence-corrected chi connectivity index (χ1v) is 7.95. The number of hydrogen-bond acceptors (Lipinski definition) is 3. The number of halogens is 1. The Bertz CT molecular complexity index is 834. The van der Waals surface area contributed by atoms with Gasteiger partial charge in [0.2, 0.25) is 5.88 Å². The van der Waals surface area contributed by atoms with Gasteiger partial charge in [0.05, 0.1) is 11.7 Å². The maximum absolute atomic E-state index is 13.0. The van der Waals surface area contributed by atoms with E-state index in [4.69, 9.17) is 4.74 Å². The van der Waals surface area contributed by atoms with Gasteiger partial charge in [-0.3, -0.25) is 0 Å². The highest BCUT2D eigenvalue weighted by Gasteiger charge is 2.21. The molecular formula is C20H17FN2O. The van der Waals surface area contributed by atoms with E-state index in [0.29, 0.717) is 18.9 Å². The Morgan fingerprint density at radius 2 is 1.83 bits per heavy atom. The summed E-state index contributed by atoms with van der Waals surface area (Å²) in [6.07, 6.45) is 2.52. The molecule has 0 saturated carbocycles. The standard InChI is InChI=1S/C20H17FN2O/c21-17-8-6-14(7-9-17)10-15-11-18-20(22-12-15)24-13-19(23-18)16-4-2-1-3-5-16/h1-9,11-12,19,23H,10,13H2. The number of ether oxygens (including phenoxy) is 1. The fourth-order valence-electron chi connectivity index (χ4n) is 2.91. The second kappa shape index (κ2) is 6.32. The molecule has 0 bridgehead atoms. The van der Waals surface area contributed by atoms with Crippen LogP contribution >= 0.6 is 0 Å². The fourth-order valence-corrected chi connectivity index (χ4v) is 2.91. The van der Waals surface area contributed by atoms with E-state index in [1.807, 2.05) is 24.4 Å². The molecule has 120 valence electrons. The number of aromatic nitrogens is 1. The Balaban J connectivity index is 1.55. The summed E-state index contributed by atoms with van der Waals surface area (Å²) in [6.45, 7) is 0.557. The average molecular weight is 320 g/mol. The second-order valence-corrected chi connectivity index (χ2v) is 5.92. The molecule has 0 amide bonds. The third kappa shape index (κ3) is 3.08. The van der Waals surface area contributed by atoms with Crippen molar-refractivity contribution in [2.75, 3.05) is 11.9 Å². The number of nitrogens with one attached hydrogen (secondary N) is 1. The largest absolute Gasteiger partial charge is 0.474 e. The zero-order valence-corrected chi connectivity index (χ0v) is 13.1. The Morgan fingerprint density at radius 1 is 1.04 bits per heavy atom. The molecule has 0 radical (unpaired) electrons. The molecule has 1 unspecified atom stereocenters. The summed E-state index contributed by atoms with van der Waals surface area (Å²) < 4.78 is 18.8. The number of rotatable bonds is 3.